The summed E-state index contributed by atoms with van der Waals surface area (Å²) in [6.07, 6.45) is 2.79. The van der Waals surface area contributed by atoms with Crippen LogP contribution in [-0.2, 0) is 4.79 Å². The molecule has 5 nitrogen and oxygen atoms in total. The van der Waals surface area contributed by atoms with Gasteiger partial charge in [0.15, 0.2) is 6.10 Å². The molecule has 0 aliphatic carbocycles. The summed E-state index contributed by atoms with van der Waals surface area (Å²) in [7, 11) is 0. The van der Waals surface area contributed by atoms with E-state index in [1.54, 1.807) is 36.4 Å². The number of pyridine rings is 1. The molecule has 2 atom stereocenters. The normalized spacial score (nSPS) is 18.9. The summed E-state index contributed by atoms with van der Waals surface area (Å²) >= 11 is 0. The Kier molecular flexibility index (Phi) is 5.05. The highest BCUT2D eigenvalue weighted by Gasteiger charge is 2.31. The molecule has 1 fully saturated rings. The van der Waals surface area contributed by atoms with Crippen LogP contribution in [0.3, 0.4) is 0 Å². The summed E-state index contributed by atoms with van der Waals surface area (Å²) in [6.45, 7) is 3.68. The van der Waals surface area contributed by atoms with Crippen molar-refractivity contribution in [2.45, 2.75) is 19.1 Å². The van der Waals surface area contributed by atoms with Gasteiger partial charge in [-0.2, -0.15) is 0 Å². The van der Waals surface area contributed by atoms with Crippen LogP contribution in [0.4, 0.5) is 4.39 Å². The van der Waals surface area contributed by atoms with E-state index >= 15 is 0 Å². The lowest BCUT2D eigenvalue weighted by molar-refractivity contribution is -0.141. The zero-order chi connectivity index (χ0) is 16.9. The Morgan fingerprint density at radius 2 is 2.29 bits per heavy atom. The van der Waals surface area contributed by atoms with Crippen molar-refractivity contribution in [3.8, 4) is 5.75 Å². The Morgan fingerprint density at radius 3 is 3.04 bits per heavy atom. The van der Waals surface area contributed by atoms with Crippen molar-refractivity contribution in [3.05, 3.63) is 60.2 Å². The topological polar surface area (TPSA) is 54.5 Å². The number of hydrogen-bond donors (Lipinski definition) is 1. The Hall–Kier alpha value is -2.47. The highest BCUT2D eigenvalue weighted by atomic mass is 19.1. The summed E-state index contributed by atoms with van der Waals surface area (Å²) in [5, 5.41) is 3.30. The van der Waals surface area contributed by atoms with Crippen LogP contribution in [0.2, 0.25) is 0 Å². The SMILES string of the molecule is CC(Oc1cccc(F)c1)C(=O)N1CCNCC1c1cccnc1. The van der Waals surface area contributed by atoms with Crippen LogP contribution in [0.15, 0.2) is 48.8 Å². The van der Waals surface area contributed by atoms with Gasteiger partial charge in [-0.15, -0.1) is 0 Å². The molecule has 1 saturated heterocycles. The number of ether oxygens (including phenoxy) is 1. The molecule has 0 spiro atoms. The molecule has 3 rings (SSSR count). The molecule has 1 aliphatic rings. The number of piperazine rings is 1. The maximum Gasteiger partial charge on any atom is 0.263 e. The van der Waals surface area contributed by atoms with Gasteiger partial charge in [-0.3, -0.25) is 9.78 Å². The first kappa shape index (κ1) is 16.4. The molecule has 1 aromatic carbocycles. The molecule has 2 unspecified atom stereocenters. The quantitative estimate of drug-likeness (QED) is 0.934. The molecule has 24 heavy (non-hydrogen) atoms. The molecule has 0 saturated carbocycles. The molecule has 1 aromatic heterocycles. The zero-order valence-electron chi connectivity index (χ0n) is 13.5. The fraction of sp³-hybridized carbons (Fsp3) is 0.333. The fourth-order valence-electron chi connectivity index (χ4n) is 2.87. The van der Waals surface area contributed by atoms with E-state index < -0.39 is 6.10 Å². The number of hydrogen-bond acceptors (Lipinski definition) is 4. The molecule has 6 heteroatoms. The van der Waals surface area contributed by atoms with Gasteiger partial charge in [0.2, 0.25) is 0 Å². The molecule has 0 radical (unpaired) electrons. The number of amides is 1. The summed E-state index contributed by atoms with van der Waals surface area (Å²) < 4.78 is 18.9. The van der Waals surface area contributed by atoms with Crippen molar-refractivity contribution < 1.29 is 13.9 Å². The van der Waals surface area contributed by atoms with Crippen LogP contribution >= 0.6 is 0 Å². The molecular weight excluding hydrogens is 309 g/mol. The maximum absolute atomic E-state index is 13.3. The highest BCUT2D eigenvalue weighted by Crippen LogP contribution is 2.23. The molecule has 2 heterocycles. The zero-order valence-corrected chi connectivity index (χ0v) is 13.5. The van der Waals surface area contributed by atoms with E-state index in [1.165, 1.54) is 12.1 Å². The van der Waals surface area contributed by atoms with E-state index in [1.807, 2.05) is 12.1 Å². The molecule has 0 bridgehead atoms. The predicted molar refractivity (Wildman–Crippen MR) is 88.1 cm³/mol. The minimum atomic E-state index is -0.691. The number of nitrogens with one attached hydrogen (secondary N) is 1. The van der Waals surface area contributed by atoms with Crippen LogP contribution in [0.1, 0.15) is 18.5 Å². The average Bonchev–Trinajstić information content (AvgIpc) is 2.62. The van der Waals surface area contributed by atoms with Crippen LogP contribution in [-0.4, -0.2) is 41.5 Å². The second-order valence-corrected chi connectivity index (χ2v) is 5.76. The number of rotatable bonds is 4. The van der Waals surface area contributed by atoms with E-state index in [4.69, 9.17) is 4.74 Å². The number of benzene rings is 1. The smallest absolute Gasteiger partial charge is 0.263 e. The molecule has 1 N–H and O–H groups in total. The number of carbonyl (C=O) groups excluding carboxylic acids is 1. The fourth-order valence-corrected chi connectivity index (χ4v) is 2.87. The third-order valence-corrected chi connectivity index (χ3v) is 4.05. The summed E-state index contributed by atoms with van der Waals surface area (Å²) in [5.74, 6) is -0.152. The predicted octanol–water partition coefficient (Wildman–Crippen LogP) is 2.16. The van der Waals surface area contributed by atoms with Crippen molar-refractivity contribution in [1.29, 1.82) is 0 Å². The first-order valence-corrected chi connectivity index (χ1v) is 7.98. The van der Waals surface area contributed by atoms with Crippen LogP contribution in [0.5, 0.6) is 5.75 Å². The van der Waals surface area contributed by atoms with Crippen molar-refractivity contribution in [3.63, 3.8) is 0 Å². The largest absolute Gasteiger partial charge is 0.481 e. The summed E-state index contributed by atoms with van der Waals surface area (Å²) in [4.78, 5) is 18.8. The van der Waals surface area contributed by atoms with Gasteiger partial charge in [-0.25, -0.2) is 4.39 Å². The van der Waals surface area contributed by atoms with Gasteiger partial charge in [0.1, 0.15) is 11.6 Å². The van der Waals surface area contributed by atoms with Crippen molar-refractivity contribution >= 4 is 5.91 Å². The van der Waals surface area contributed by atoms with Crippen molar-refractivity contribution in [2.75, 3.05) is 19.6 Å². The molecule has 126 valence electrons. The lowest BCUT2D eigenvalue weighted by Gasteiger charge is -2.37. The molecule has 2 aromatic rings. The van der Waals surface area contributed by atoms with Crippen LogP contribution < -0.4 is 10.1 Å². The minimum Gasteiger partial charge on any atom is -0.481 e. The van der Waals surface area contributed by atoms with Crippen LogP contribution in [0, 0.1) is 5.82 Å². The second kappa shape index (κ2) is 7.40. The van der Waals surface area contributed by atoms with Gasteiger partial charge in [0.05, 0.1) is 6.04 Å². The number of aromatic nitrogens is 1. The average molecular weight is 329 g/mol. The van der Waals surface area contributed by atoms with Crippen molar-refractivity contribution in [1.82, 2.24) is 15.2 Å². The van der Waals surface area contributed by atoms with Gasteiger partial charge >= 0.3 is 0 Å². The van der Waals surface area contributed by atoms with Crippen LogP contribution in [0.25, 0.3) is 0 Å². The second-order valence-electron chi connectivity index (χ2n) is 5.76. The number of carbonyl (C=O) groups is 1. The Labute approximate surface area is 140 Å². The van der Waals surface area contributed by atoms with E-state index in [2.05, 4.69) is 10.3 Å². The van der Waals surface area contributed by atoms with E-state index in [0.717, 1.165) is 12.1 Å². The molecule has 1 amide bonds. The third-order valence-electron chi connectivity index (χ3n) is 4.05. The van der Waals surface area contributed by atoms with Gasteiger partial charge in [-0.1, -0.05) is 12.1 Å². The minimum absolute atomic E-state index is 0.0847. The molecule has 1 aliphatic heterocycles. The van der Waals surface area contributed by atoms with Gasteiger partial charge < -0.3 is 15.0 Å². The summed E-state index contributed by atoms with van der Waals surface area (Å²) in [5.41, 5.74) is 0.982. The third kappa shape index (κ3) is 3.71. The monoisotopic (exact) mass is 329 g/mol. The van der Waals surface area contributed by atoms with Gasteiger partial charge in [0, 0.05) is 38.1 Å². The first-order chi connectivity index (χ1) is 11.6. The standard InChI is InChI=1S/C18H20FN3O2/c1-13(24-16-6-2-5-15(19)10-16)18(23)22-9-8-21-12-17(22)14-4-3-7-20-11-14/h2-7,10-11,13,17,21H,8-9,12H2,1H3. The summed E-state index contributed by atoms with van der Waals surface area (Å²) in [6, 6.07) is 9.56. The van der Waals surface area contributed by atoms with Crippen molar-refractivity contribution in [2.24, 2.45) is 0 Å². The Morgan fingerprint density at radius 1 is 1.42 bits per heavy atom. The lowest BCUT2D eigenvalue weighted by Crippen LogP contribution is -2.52. The number of nitrogens with zero attached hydrogens (tertiary/aromatic N) is 2. The van der Waals surface area contributed by atoms with Gasteiger partial charge in [-0.05, 0) is 30.7 Å². The van der Waals surface area contributed by atoms with E-state index in [-0.39, 0.29) is 17.8 Å². The lowest BCUT2D eigenvalue weighted by atomic mass is 10.0. The Balaban J connectivity index is 1.74. The first-order valence-electron chi connectivity index (χ1n) is 7.98. The van der Waals surface area contributed by atoms with E-state index in [0.29, 0.717) is 18.8 Å². The Bertz CT molecular complexity index is 696. The highest BCUT2D eigenvalue weighted by molar-refractivity contribution is 5.81. The van der Waals surface area contributed by atoms with E-state index in [9.17, 15) is 9.18 Å². The molecular formula is C18H20FN3O2. The maximum atomic E-state index is 13.3. The van der Waals surface area contributed by atoms with Gasteiger partial charge in [0.25, 0.3) is 5.91 Å². The number of halogens is 1.